The Labute approximate surface area is 98.3 Å². The van der Waals surface area contributed by atoms with E-state index in [1.54, 1.807) is 0 Å². The monoisotopic (exact) mass is 216 g/mol. The Morgan fingerprint density at radius 2 is 2.06 bits per heavy atom. The third-order valence-corrected chi connectivity index (χ3v) is 2.88. The van der Waals surface area contributed by atoms with Crippen LogP contribution in [0.5, 0.6) is 0 Å². The van der Waals surface area contributed by atoms with E-state index in [1.807, 2.05) is 25.1 Å². The Balaban J connectivity index is 2.92. The van der Waals surface area contributed by atoms with Crippen molar-refractivity contribution in [3.05, 3.63) is 29.3 Å². The van der Waals surface area contributed by atoms with E-state index >= 15 is 0 Å². The minimum atomic E-state index is 0.426. The molecule has 0 heterocycles. The quantitative estimate of drug-likeness (QED) is 0.832. The summed E-state index contributed by atoms with van der Waals surface area (Å²) in [6, 6.07) is 8.63. The number of anilines is 1. The average molecular weight is 216 g/mol. The van der Waals surface area contributed by atoms with Crippen molar-refractivity contribution in [3.63, 3.8) is 0 Å². The van der Waals surface area contributed by atoms with Crippen molar-refractivity contribution in [2.24, 2.45) is 5.92 Å². The summed E-state index contributed by atoms with van der Waals surface area (Å²) in [7, 11) is 0. The molecule has 0 amide bonds. The SMILES string of the molecule is CCC(Nc1ccc(C)cc1C#N)C(C)C. The van der Waals surface area contributed by atoms with E-state index in [-0.39, 0.29) is 0 Å². The Bertz CT molecular complexity index is 388. The first-order chi connectivity index (χ1) is 7.58. The Morgan fingerprint density at radius 3 is 2.56 bits per heavy atom. The fraction of sp³-hybridized carbons (Fsp3) is 0.500. The molecule has 0 aliphatic rings. The number of nitrogens with zero attached hydrogens (tertiary/aromatic N) is 1. The lowest BCUT2D eigenvalue weighted by Crippen LogP contribution is -2.25. The van der Waals surface area contributed by atoms with Crippen molar-refractivity contribution in [2.45, 2.75) is 40.2 Å². The fourth-order valence-corrected chi connectivity index (χ4v) is 1.82. The number of nitrogens with one attached hydrogen (secondary N) is 1. The molecule has 1 aromatic carbocycles. The predicted octanol–water partition coefficient (Wildman–Crippen LogP) is 3.71. The fourth-order valence-electron chi connectivity index (χ4n) is 1.82. The van der Waals surface area contributed by atoms with Crippen molar-refractivity contribution in [1.29, 1.82) is 5.26 Å². The Morgan fingerprint density at radius 1 is 1.38 bits per heavy atom. The maximum Gasteiger partial charge on any atom is 0.101 e. The van der Waals surface area contributed by atoms with Gasteiger partial charge in [-0.05, 0) is 37.0 Å². The number of hydrogen-bond donors (Lipinski definition) is 1. The van der Waals surface area contributed by atoms with Crippen molar-refractivity contribution in [3.8, 4) is 6.07 Å². The molecule has 86 valence electrons. The first-order valence-corrected chi connectivity index (χ1v) is 5.85. The molecule has 0 fully saturated rings. The molecular weight excluding hydrogens is 196 g/mol. The maximum atomic E-state index is 9.08. The van der Waals surface area contributed by atoms with Gasteiger partial charge >= 0.3 is 0 Å². The highest BCUT2D eigenvalue weighted by molar-refractivity contribution is 5.59. The van der Waals surface area contributed by atoms with Gasteiger partial charge in [-0.15, -0.1) is 0 Å². The molecule has 1 rings (SSSR count). The van der Waals surface area contributed by atoms with E-state index in [2.05, 4.69) is 32.2 Å². The average Bonchev–Trinajstić information content (AvgIpc) is 2.26. The van der Waals surface area contributed by atoms with Gasteiger partial charge in [0.15, 0.2) is 0 Å². The van der Waals surface area contributed by atoms with E-state index in [1.165, 1.54) is 0 Å². The summed E-state index contributed by atoms with van der Waals surface area (Å²) >= 11 is 0. The molecule has 0 bridgehead atoms. The molecule has 0 spiro atoms. The largest absolute Gasteiger partial charge is 0.381 e. The van der Waals surface area contributed by atoms with Crippen LogP contribution < -0.4 is 5.32 Å². The number of rotatable bonds is 4. The molecule has 1 unspecified atom stereocenters. The van der Waals surface area contributed by atoms with Crippen molar-refractivity contribution in [1.82, 2.24) is 0 Å². The zero-order valence-electron chi connectivity index (χ0n) is 10.5. The maximum absolute atomic E-state index is 9.08. The summed E-state index contributed by atoms with van der Waals surface area (Å²) in [4.78, 5) is 0. The summed E-state index contributed by atoms with van der Waals surface area (Å²) in [6.45, 7) is 8.56. The summed E-state index contributed by atoms with van der Waals surface area (Å²) in [5, 5.41) is 12.5. The normalized spacial score (nSPS) is 12.2. The molecule has 1 N–H and O–H groups in total. The molecule has 1 atom stereocenters. The van der Waals surface area contributed by atoms with E-state index in [4.69, 9.17) is 5.26 Å². The second-order valence-corrected chi connectivity index (χ2v) is 4.56. The van der Waals surface area contributed by atoms with Crippen LogP contribution in [0.15, 0.2) is 18.2 Å². The third kappa shape index (κ3) is 3.00. The standard InChI is InChI=1S/C14H20N2/c1-5-13(10(2)3)16-14-7-6-11(4)8-12(14)9-15/h6-8,10,13,16H,5H2,1-4H3. The second kappa shape index (κ2) is 5.55. The molecule has 1 aromatic rings. The molecule has 0 radical (unpaired) electrons. The van der Waals surface area contributed by atoms with Crippen molar-refractivity contribution >= 4 is 5.69 Å². The molecule has 0 saturated carbocycles. The summed E-state index contributed by atoms with van der Waals surface area (Å²) in [5.41, 5.74) is 2.81. The molecule has 0 aromatic heterocycles. The molecule has 0 saturated heterocycles. The van der Waals surface area contributed by atoms with Gasteiger partial charge in [-0.2, -0.15) is 5.26 Å². The Hall–Kier alpha value is -1.49. The van der Waals surface area contributed by atoms with Crippen molar-refractivity contribution < 1.29 is 0 Å². The lowest BCUT2D eigenvalue weighted by molar-refractivity contribution is 0.511. The van der Waals surface area contributed by atoms with Gasteiger partial charge in [-0.1, -0.05) is 26.8 Å². The van der Waals surface area contributed by atoms with E-state index in [9.17, 15) is 0 Å². The van der Waals surface area contributed by atoms with Gasteiger partial charge in [0.2, 0.25) is 0 Å². The number of benzene rings is 1. The van der Waals surface area contributed by atoms with Gasteiger partial charge in [-0.3, -0.25) is 0 Å². The molecule has 0 aliphatic heterocycles. The lowest BCUT2D eigenvalue weighted by Gasteiger charge is -2.22. The van der Waals surface area contributed by atoms with Crippen LogP contribution in [0.25, 0.3) is 0 Å². The summed E-state index contributed by atoms with van der Waals surface area (Å²) in [6.07, 6.45) is 1.07. The van der Waals surface area contributed by atoms with E-state index in [0.29, 0.717) is 12.0 Å². The number of hydrogen-bond acceptors (Lipinski definition) is 2. The molecule has 0 aliphatic carbocycles. The highest BCUT2D eigenvalue weighted by atomic mass is 14.9. The molecule has 16 heavy (non-hydrogen) atoms. The first kappa shape index (κ1) is 12.6. The van der Waals surface area contributed by atoms with E-state index < -0.39 is 0 Å². The van der Waals surface area contributed by atoms with Crippen molar-refractivity contribution in [2.75, 3.05) is 5.32 Å². The van der Waals surface area contributed by atoms with Crippen LogP contribution in [0.1, 0.15) is 38.3 Å². The molecule has 2 nitrogen and oxygen atoms in total. The third-order valence-electron chi connectivity index (χ3n) is 2.88. The highest BCUT2D eigenvalue weighted by Crippen LogP contribution is 2.20. The van der Waals surface area contributed by atoms with Crippen LogP contribution in [0.3, 0.4) is 0 Å². The van der Waals surface area contributed by atoms with Gasteiger partial charge in [0.25, 0.3) is 0 Å². The summed E-state index contributed by atoms with van der Waals surface area (Å²) < 4.78 is 0. The van der Waals surface area contributed by atoms with Crippen LogP contribution >= 0.6 is 0 Å². The zero-order chi connectivity index (χ0) is 12.1. The van der Waals surface area contributed by atoms with Crippen LogP contribution in [0.4, 0.5) is 5.69 Å². The lowest BCUT2D eigenvalue weighted by atomic mass is 10.0. The zero-order valence-corrected chi connectivity index (χ0v) is 10.5. The predicted molar refractivity (Wildman–Crippen MR) is 68.4 cm³/mol. The van der Waals surface area contributed by atoms with Crippen LogP contribution in [0.2, 0.25) is 0 Å². The minimum absolute atomic E-state index is 0.426. The molecule has 2 heteroatoms. The smallest absolute Gasteiger partial charge is 0.101 e. The topological polar surface area (TPSA) is 35.8 Å². The minimum Gasteiger partial charge on any atom is -0.381 e. The van der Waals surface area contributed by atoms with E-state index in [0.717, 1.165) is 23.2 Å². The molecular formula is C14H20N2. The van der Waals surface area contributed by atoms with Crippen LogP contribution in [0, 0.1) is 24.2 Å². The van der Waals surface area contributed by atoms with Gasteiger partial charge in [-0.25, -0.2) is 0 Å². The first-order valence-electron chi connectivity index (χ1n) is 5.85. The number of nitriles is 1. The van der Waals surface area contributed by atoms with Gasteiger partial charge in [0.05, 0.1) is 11.3 Å². The van der Waals surface area contributed by atoms with Crippen LogP contribution in [-0.2, 0) is 0 Å². The van der Waals surface area contributed by atoms with Gasteiger partial charge in [0, 0.05) is 6.04 Å². The highest BCUT2D eigenvalue weighted by Gasteiger charge is 2.12. The summed E-state index contributed by atoms with van der Waals surface area (Å²) in [5.74, 6) is 0.567. The van der Waals surface area contributed by atoms with Gasteiger partial charge in [0.1, 0.15) is 6.07 Å². The second-order valence-electron chi connectivity index (χ2n) is 4.56. The van der Waals surface area contributed by atoms with Gasteiger partial charge < -0.3 is 5.32 Å². The Kier molecular flexibility index (Phi) is 4.37. The number of aryl methyl sites for hydroxylation is 1. The van der Waals surface area contributed by atoms with Crippen LogP contribution in [-0.4, -0.2) is 6.04 Å².